The van der Waals surface area contributed by atoms with Crippen LogP contribution in [-0.2, 0) is 0 Å². The third kappa shape index (κ3) is 2.13. The molecule has 0 bridgehead atoms. The van der Waals surface area contributed by atoms with Crippen molar-refractivity contribution in [3.05, 3.63) is 41.9 Å². The molecule has 2 fully saturated rings. The third-order valence-electron chi connectivity index (χ3n) is 8.49. The van der Waals surface area contributed by atoms with E-state index in [1.54, 1.807) is 5.57 Å². The summed E-state index contributed by atoms with van der Waals surface area (Å²) in [6, 6.07) is 2.13. The van der Waals surface area contributed by atoms with Crippen molar-refractivity contribution in [1.29, 1.82) is 0 Å². The van der Waals surface area contributed by atoms with Gasteiger partial charge in [0, 0.05) is 5.56 Å². The molecule has 0 spiro atoms. The van der Waals surface area contributed by atoms with E-state index in [-0.39, 0.29) is 6.10 Å². The van der Waals surface area contributed by atoms with Gasteiger partial charge in [0.05, 0.1) is 18.6 Å². The van der Waals surface area contributed by atoms with Gasteiger partial charge in [0.15, 0.2) is 0 Å². The van der Waals surface area contributed by atoms with Crippen molar-refractivity contribution >= 4 is 5.57 Å². The van der Waals surface area contributed by atoms with E-state index in [0.29, 0.717) is 10.8 Å². The summed E-state index contributed by atoms with van der Waals surface area (Å²) in [5.74, 6) is 2.36. The summed E-state index contributed by atoms with van der Waals surface area (Å²) in [5.41, 5.74) is 5.03. The number of rotatable bonds is 1. The van der Waals surface area contributed by atoms with Crippen LogP contribution in [0.25, 0.3) is 5.57 Å². The van der Waals surface area contributed by atoms with Crippen LogP contribution in [0, 0.1) is 28.6 Å². The van der Waals surface area contributed by atoms with E-state index < -0.39 is 0 Å². The summed E-state index contributed by atoms with van der Waals surface area (Å²) < 4.78 is 5.38. The van der Waals surface area contributed by atoms with Crippen LogP contribution in [0.1, 0.15) is 64.4 Å². The third-order valence-corrected chi connectivity index (χ3v) is 8.49. The lowest BCUT2D eigenvalue weighted by atomic mass is 9.47. The number of allylic oxidation sites excluding steroid dienone is 3. The van der Waals surface area contributed by atoms with Crippen molar-refractivity contribution in [3.63, 3.8) is 0 Å². The van der Waals surface area contributed by atoms with Crippen LogP contribution in [0.3, 0.4) is 0 Å². The van der Waals surface area contributed by atoms with Gasteiger partial charge < -0.3 is 9.52 Å². The summed E-state index contributed by atoms with van der Waals surface area (Å²) in [4.78, 5) is 0. The molecule has 4 aliphatic carbocycles. The maximum absolute atomic E-state index is 10.1. The summed E-state index contributed by atoms with van der Waals surface area (Å²) >= 11 is 0. The number of furan rings is 1. The largest absolute Gasteiger partial charge is 0.472 e. The van der Waals surface area contributed by atoms with Gasteiger partial charge in [0.2, 0.25) is 0 Å². The zero-order valence-corrected chi connectivity index (χ0v) is 15.5. The van der Waals surface area contributed by atoms with Crippen molar-refractivity contribution in [2.45, 2.75) is 64.9 Å². The van der Waals surface area contributed by atoms with Crippen LogP contribution < -0.4 is 0 Å². The van der Waals surface area contributed by atoms with Gasteiger partial charge in [-0.3, -0.25) is 0 Å². The Morgan fingerprint density at radius 2 is 1.88 bits per heavy atom. The molecule has 2 heteroatoms. The van der Waals surface area contributed by atoms with Gasteiger partial charge in [-0.1, -0.05) is 31.6 Å². The molecule has 2 saturated carbocycles. The lowest BCUT2D eigenvalue weighted by Gasteiger charge is -2.57. The molecular weight excluding hydrogens is 308 g/mol. The van der Waals surface area contributed by atoms with Crippen molar-refractivity contribution in [3.8, 4) is 0 Å². The van der Waals surface area contributed by atoms with Crippen molar-refractivity contribution in [1.82, 2.24) is 0 Å². The minimum absolute atomic E-state index is 0.106. The first kappa shape index (κ1) is 15.9. The lowest BCUT2D eigenvalue weighted by Crippen LogP contribution is -2.49. The van der Waals surface area contributed by atoms with Gasteiger partial charge in [0.25, 0.3) is 0 Å². The molecule has 0 radical (unpaired) electrons. The molecule has 0 aromatic carbocycles. The molecule has 25 heavy (non-hydrogen) atoms. The van der Waals surface area contributed by atoms with Crippen molar-refractivity contribution < 1.29 is 9.52 Å². The van der Waals surface area contributed by atoms with Gasteiger partial charge in [-0.25, -0.2) is 0 Å². The van der Waals surface area contributed by atoms with Crippen molar-refractivity contribution in [2.75, 3.05) is 0 Å². The molecule has 4 aliphatic rings. The van der Waals surface area contributed by atoms with Gasteiger partial charge in [-0.05, 0) is 85.2 Å². The Kier molecular flexibility index (Phi) is 3.42. The quantitative estimate of drug-likeness (QED) is 0.676. The Hall–Kier alpha value is -1.28. The Bertz CT molecular complexity index is 727. The number of hydrogen-bond acceptors (Lipinski definition) is 2. The fourth-order valence-electron chi connectivity index (χ4n) is 7.07. The molecule has 134 valence electrons. The first-order chi connectivity index (χ1) is 12.0. The van der Waals surface area contributed by atoms with Gasteiger partial charge in [0.1, 0.15) is 0 Å². The molecule has 2 nitrogen and oxygen atoms in total. The van der Waals surface area contributed by atoms with E-state index >= 15 is 0 Å². The molecule has 0 aliphatic heterocycles. The van der Waals surface area contributed by atoms with E-state index in [4.69, 9.17) is 4.42 Å². The molecular formula is C23H30O2. The van der Waals surface area contributed by atoms with Crippen LogP contribution in [0.15, 0.2) is 40.7 Å². The number of aliphatic hydroxyl groups excluding tert-OH is 1. The van der Waals surface area contributed by atoms with Crippen LogP contribution in [0.2, 0.25) is 0 Å². The zero-order chi connectivity index (χ0) is 17.2. The molecule has 6 atom stereocenters. The maximum atomic E-state index is 10.1. The summed E-state index contributed by atoms with van der Waals surface area (Å²) in [6.07, 6.45) is 16.8. The predicted molar refractivity (Wildman–Crippen MR) is 99.8 cm³/mol. The fraction of sp³-hybridized carbons (Fsp3) is 0.652. The van der Waals surface area contributed by atoms with E-state index in [0.717, 1.165) is 30.6 Å². The van der Waals surface area contributed by atoms with Gasteiger partial charge in [-0.2, -0.15) is 0 Å². The number of aliphatic hydroxyl groups is 1. The normalized spacial score (nSPS) is 45.9. The highest BCUT2D eigenvalue weighted by molar-refractivity contribution is 5.72. The molecule has 1 aromatic heterocycles. The van der Waals surface area contributed by atoms with Crippen LogP contribution >= 0.6 is 0 Å². The molecule has 1 aromatic rings. The van der Waals surface area contributed by atoms with E-state index in [1.165, 1.54) is 43.2 Å². The second-order valence-corrected chi connectivity index (χ2v) is 9.48. The van der Waals surface area contributed by atoms with Crippen LogP contribution in [0.5, 0.6) is 0 Å². The standard InChI is InChI=1S/C23H30O2/c1-22-10-7-17(24)13-16(22)3-4-18-20-6-5-19(15-9-12-25-14-15)23(20,2)11-8-21(18)22/h3,5,9,12,14,17-18,20-21,24H,4,6-8,10-11,13H2,1-2H3/t17-,18-,20-,21-,22-,23+/m0/s1. The number of fused-ring (bicyclic) bond motifs is 5. The topological polar surface area (TPSA) is 33.4 Å². The fourth-order valence-corrected chi connectivity index (χ4v) is 7.07. The zero-order valence-electron chi connectivity index (χ0n) is 15.5. The SMILES string of the molecule is C[C@]12CC[C@H](O)CC1=CC[C@@H]1[C@@H]2CC[C@]2(C)C(c3ccoc3)=CC[C@@H]12. The smallest absolute Gasteiger partial charge is 0.0977 e. The first-order valence-corrected chi connectivity index (χ1v) is 10.1. The average Bonchev–Trinajstić information content (AvgIpc) is 3.22. The Labute approximate surface area is 151 Å². The molecule has 0 unspecified atom stereocenters. The van der Waals surface area contributed by atoms with Gasteiger partial charge >= 0.3 is 0 Å². The Morgan fingerprint density at radius 1 is 1.04 bits per heavy atom. The van der Waals surface area contributed by atoms with Gasteiger partial charge in [-0.15, -0.1) is 0 Å². The summed E-state index contributed by atoms with van der Waals surface area (Å²) in [7, 11) is 0. The second kappa shape index (κ2) is 5.36. The summed E-state index contributed by atoms with van der Waals surface area (Å²) in [5, 5.41) is 10.1. The molecule has 1 heterocycles. The molecule has 0 amide bonds. The Balaban J connectivity index is 1.48. The monoisotopic (exact) mass is 338 g/mol. The van der Waals surface area contributed by atoms with E-state index in [2.05, 4.69) is 32.1 Å². The Morgan fingerprint density at radius 3 is 2.68 bits per heavy atom. The predicted octanol–water partition coefficient (Wildman–Crippen LogP) is 5.60. The highest BCUT2D eigenvalue weighted by atomic mass is 16.3. The lowest BCUT2D eigenvalue weighted by molar-refractivity contribution is -0.0238. The minimum Gasteiger partial charge on any atom is -0.472 e. The maximum Gasteiger partial charge on any atom is 0.0977 e. The van der Waals surface area contributed by atoms with E-state index in [9.17, 15) is 5.11 Å². The molecule has 1 N–H and O–H groups in total. The molecule has 5 rings (SSSR count). The summed E-state index contributed by atoms with van der Waals surface area (Å²) in [6.45, 7) is 5.01. The minimum atomic E-state index is -0.106. The van der Waals surface area contributed by atoms with Crippen molar-refractivity contribution in [2.24, 2.45) is 28.6 Å². The second-order valence-electron chi connectivity index (χ2n) is 9.48. The average molecular weight is 338 g/mol. The number of hydrogen-bond donors (Lipinski definition) is 1. The first-order valence-electron chi connectivity index (χ1n) is 10.1. The van der Waals surface area contributed by atoms with Crippen LogP contribution in [-0.4, -0.2) is 11.2 Å². The molecule has 0 saturated heterocycles. The highest BCUT2D eigenvalue weighted by Crippen LogP contribution is 2.66. The highest BCUT2D eigenvalue weighted by Gasteiger charge is 2.56. The van der Waals surface area contributed by atoms with Crippen LogP contribution in [0.4, 0.5) is 0 Å². The van der Waals surface area contributed by atoms with E-state index in [1.807, 2.05) is 12.5 Å².